The summed E-state index contributed by atoms with van der Waals surface area (Å²) in [6.45, 7) is 1.19. The van der Waals surface area contributed by atoms with Crippen molar-refractivity contribution in [2.45, 2.75) is 18.9 Å². The lowest BCUT2D eigenvalue weighted by Crippen LogP contribution is -2.31. The highest BCUT2D eigenvalue weighted by Crippen LogP contribution is 2.31. The molecule has 1 aliphatic rings. The van der Waals surface area contributed by atoms with E-state index in [4.69, 9.17) is 5.11 Å². The molecule has 76 valence electrons. The third-order valence-corrected chi connectivity index (χ3v) is 3.65. The number of hydrogen-bond acceptors (Lipinski definition) is 4. The van der Waals surface area contributed by atoms with E-state index in [0.717, 1.165) is 35.6 Å². The minimum absolute atomic E-state index is 0.203. The highest BCUT2D eigenvalue weighted by Gasteiger charge is 2.24. The fraction of sp³-hybridized carbons (Fsp3) is 0.500. The van der Waals surface area contributed by atoms with Crippen LogP contribution in [0.15, 0.2) is 12.1 Å². The molecule has 0 aromatic carbocycles. The van der Waals surface area contributed by atoms with Crippen LogP contribution in [0.2, 0.25) is 0 Å². The number of nitrogens with zero attached hydrogens (tertiary/aromatic N) is 1. The van der Waals surface area contributed by atoms with Crippen molar-refractivity contribution in [1.82, 2.24) is 0 Å². The molecule has 4 heteroatoms. The fourth-order valence-corrected chi connectivity index (χ4v) is 2.79. The van der Waals surface area contributed by atoms with E-state index in [1.807, 2.05) is 12.1 Å². The van der Waals surface area contributed by atoms with Gasteiger partial charge in [0.1, 0.15) is 0 Å². The summed E-state index contributed by atoms with van der Waals surface area (Å²) >= 11 is 1.50. The van der Waals surface area contributed by atoms with Crippen molar-refractivity contribution in [2.24, 2.45) is 0 Å². The molecule has 1 N–H and O–H groups in total. The zero-order valence-electron chi connectivity index (χ0n) is 7.85. The van der Waals surface area contributed by atoms with Crippen LogP contribution in [0.4, 0.5) is 5.00 Å². The first-order chi connectivity index (χ1) is 6.85. The average molecular weight is 211 g/mol. The lowest BCUT2D eigenvalue weighted by Gasteiger charge is -2.22. The van der Waals surface area contributed by atoms with Crippen LogP contribution in [0.5, 0.6) is 0 Å². The predicted octanol–water partition coefficient (Wildman–Crippen LogP) is 1.52. The second kappa shape index (κ2) is 4.11. The molecular formula is C10H13NO2S. The molecule has 1 aliphatic heterocycles. The van der Waals surface area contributed by atoms with Gasteiger partial charge in [0.05, 0.1) is 22.5 Å². The van der Waals surface area contributed by atoms with Gasteiger partial charge in [-0.25, -0.2) is 0 Å². The van der Waals surface area contributed by atoms with Gasteiger partial charge in [-0.15, -0.1) is 11.3 Å². The summed E-state index contributed by atoms with van der Waals surface area (Å²) in [4.78, 5) is 13.5. The van der Waals surface area contributed by atoms with Gasteiger partial charge in [-0.05, 0) is 25.0 Å². The second-order valence-corrected chi connectivity index (χ2v) is 4.56. The van der Waals surface area contributed by atoms with E-state index < -0.39 is 0 Å². The Bertz CT molecular complexity index is 324. The van der Waals surface area contributed by atoms with Gasteiger partial charge in [0.2, 0.25) is 0 Å². The van der Waals surface area contributed by atoms with Gasteiger partial charge in [-0.2, -0.15) is 0 Å². The first-order valence-electron chi connectivity index (χ1n) is 4.77. The van der Waals surface area contributed by atoms with E-state index in [1.54, 1.807) is 0 Å². The second-order valence-electron chi connectivity index (χ2n) is 3.47. The molecule has 1 saturated heterocycles. The summed E-state index contributed by atoms with van der Waals surface area (Å²) in [6.07, 6.45) is 3.04. The zero-order valence-corrected chi connectivity index (χ0v) is 8.67. The number of thiophene rings is 1. The molecule has 1 atom stereocenters. The molecule has 0 spiro atoms. The normalized spacial score (nSPS) is 21.5. The number of aliphatic hydroxyl groups is 1. The van der Waals surface area contributed by atoms with Gasteiger partial charge in [0.15, 0.2) is 6.29 Å². The Morgan fingerprint density at radius 2 is 2.50 bits per heavy atom. The first-order valence-corrected chi connectivity index (χ1v) is 5.59. The number of aldehydes is 1. The average Bonchev–Trinajstić information content (AvgIpc) is 2.85. The lowest BCUT2D eigenvalue weighted by atomic mass is 10.2. The summed E-state index contributed by atoms with van der Waals surface area (Å²) in [7, 11) is 0. The minimum Gasteiger partial charge on any atom is -0.394 e. The number of aliphatic hydroxyl groups excluding tert-OH is 1. The molecule has 0 radical (unpaired) electrons. The van der Waals surface area contributed by atoms with Crippen LogP contribution in [0.25, 0.3) is 0 Å². The van der Waals surface area contributed by atoms with Crippen LogP contribution in [-0.2, 0) is 0 Å². The summed E-state index contributed by atoms with van der Waals surface area (Å²) in [5.74, 6) is 0. The van der Waals surface area contributed by atoms with Crippen molar-refractivity contribution in [1.29, 1.82) is 0 Å². The predicted molar refractivity (Wildman–Crippen MR) is 57.2 cm³/mol. The van der Waals surface area contributed by atoms with E-state index in [9.17, 15) is 4.79 Å². The van der Waals surface area contributed by atoms with Crippen LogP contribution in [0, 0.1) is 0 Å². The van der Waals surface area contributed by atoms with E-state index in [1.165, 1.54) is 11.3 Å². The Balaban J connectivity index is 2.17. The van der Waals surface area contributed by atoms with Crippen molar-refractivity contribution in [2.75, 3.05) is 18.1 Å². The van der Waals surface area contributed by atoms with Gasteiger partial charge in [0, 0.05) is 6.54 Å². The van der Waals surface area contributed by atoms with Gasteiger partial charge in [-0.1, -0.05) is 0 Å². The number of hydrogen-bond donors (Lipinski definition) is 1. The molecule has 0 saturated carbocycles. The van der Waals surface area contributed by atoms with Gasteiger partial charge in [0.25, 0.3) is 0 Å². The minimum atomic E-state index is 0.203. The van der Waals surface area contributed by atoms with Crippen LogP contribution in [0.3, 0.4) is 0 Å². The zero-order chi connectivity index (χ0) is 9.97. The molecule has 0 aliphatic carbocycles. The summed E-state index contributed by atoms with van der Waals surface area (Å²) in [6, 6.07) is 4.04. The maximum Gasteiger partial charge on any atom is 0.160 e. The first kappa shape index (κ1) is 9.68. The molecule has 1 fully saturated rings. The summed E-state index contributed by atoms with van der Waals surface area (Å²) in [5, 5.41) is 10.3. The van der Waals surface area contributed by atoms with Crippen molar-refractivity contribution >= 4 is 22.6 Å². The molecule has 2 rings (SSSR count). The van der Waals surface area contributed by atoms with Crippen LogP contribution >= 0.6 is 11.3 Å². The van der Waals surface area contributed by atoms with Crippen molar-refractivity contribution in [3.8, 4) is 0 Å². The molecule has 1 aromatic rings. The monoisotopic (exact) mass is 211 g/mol. The number of rotatable bonds is 3. The molecule has 1 unspecified atom stereocenters. The highest BCUT2D eigenvalue weighted by molar-refractivity contribution is 7.17. The molecule has 14 heavy (non-hydrogen) atoms. The Morgan fingerprint density at radius 3 is 3.14 bits per heavy atom. The van der Waals surface area contributed by atoms with Crippen molar-refractivity contribution < 1.29 is 9.90 Å². The smallest absolute Gasteiger partial charge is 0.160 e. The quantitative estimate of drug-likeness (QED) is 0.771. The SMILES string of the molecule is O=Cc1ccc(N2CCCC2CO)s1. The van der Waals surface area contributed by atoms with Crippen molar-refractivity contribution in [3.05, 3.63) is 17.0 Å². The van der Waals surface area contributed by atoms with Crippen LogP contribution < -0.4 is 4.90 Å². The lowest BCUT2D eigenvalue weighted by molar-refractivity contribution is 0.112. The van der Waals surface area contributed by atoms with E-state index >= 15 is 0 Å². The largest absolute Gasteiger partial charge is 0.394 e. The summed E-state index contributed by atoms with van der Waals surface area (Å²) < 4.78 is 0. The van der Waals surface area contributed by atoms with Crippen LogP contribution in [-0.4, -0.2) is 30.6 Å². The fourth-order valence-electron chi connectivity index (χ4n) is 1.88. The van der Waals surface area contributed by atoms with E-state index in [-0.39, 0.29) is 12.6 Å². The van der Waals surface area contributed by atoms with E-state index in [2.05, 4.69) is 4.90 Å². The molecule has 1 aromatic heterocycles. The van der Waals surface area contributed by atoms with Crippen LogP contribution in [0.1, 0.15) is 22.5 Å². The van der Waals surface area contributed by atoms with Gasteiger partial charge >= 0.3 is 0 Å². The maximum absolute atomic E-state index is 10.5. The highest BCUT2D eigenvalue weighted by atomic mass is 32.1. The molecule has 3 nitrogen and oxygen atoms in total. The van der Waals surface area contributed by atoms with Crippen molar-refractivity contribution in [3.63, 3.8) is 0 Å². The number of carbonyl (C=O) groups excluding carboxylic acids is 1. The Kier molecular flexibility index (Phi) is 2.84. The Labute approximate surface area is 87.0 Å². The van der Waals surface area contributed by atoms with E-state index in [0.29, 0.717) is 0 Å². The molecule has 0 bridgehead atoms. The van der Waals surface area contributed by atoms with Gasteiger partial charge < -0.3 is 10.0 Å². The third kappa shape index (κ3) is 1.67. The number of anilines is 1. The Hall–Kier alpha value is -0.870. The van der Waals surface area contributed by atoms with Gasteiger partial charge in [-0.3, -0.25) is 4.79 Å². The maximum atomic E-state index is 10.5. The third-order valence-electron chi connectivity index (χ3n) is 2.60. The standard InChI is InChI=1S/C10H13NO2S/c12-6-8-2-1-5-11(8)10-4-3-9(7-13)14-10/h3-4,7-8,12H,1-2,5-6H2. The number of carbonyl (C=O) groups is 1. The summed E-state index contributed by atoms with van der Waals surface area (Å²) in [5.41, 5.74) is 0. The Morgan fingerprint density at radius 1 is 1.64 bits per heavy atom. The molecule has 2 heterocycles. The molecule has 0 amide bonds. The molecular weight excluding hydrogens is 198 g/mol. The topological polar surface area (TPSA) is 40.5 Å².